The number of rotatable bonds is 12. The van der Waals surface area contributed by atoms with Gasteiger partial charge in [-0.2, -0.15) is 0 Å². The smallest absolute Gasteiger partial charge is 0.246 e. The van der Waals surface area contributed by atoms with Gasteiger partial charge in [0.25, 0.3) is 0 Å². The zero-order chi connectivity index (χ0) is 33.9. The van der Waals surface area contributed by atoms with Gasteiger partial charge in [0.05, 0.1) is 28.0 Å². The van der Waals surface area contributed by atoms with E-state index in [1.54, 1.807) is 6.92 Å². The van der Waals surface area contributed by atoms with Crippen LogP contribution in [-0.4, -0.2) is 45.3 Å². The number of fused-ring (bicyclic) bond motifs is 3. The maximum absolute atomic E-state index is 14.5. The molecule has 1 aliphatic rings. The van der Waals surface area contributed by atoms with Gasteiger partial charge in [-0.15, -0.1) is 0 Å². The molecular weight excluding hydrogens is 639 g/mol. The third kappa shape index (κ3) is 7.49. The predicted octanol–water partition coefficient (Wildman–Crippen LogP) is 5.17. The molecule has 0 spiro atoms. The van der Waals surface area contributed by atoms with Crippen molar-refractivity contribution in [3.05, 3.63) is 69.6 Å². The van der Waals surface area contributed by atoms with E-state index in [1.807, 2.05) is 20.8 Å². The van der Waals surface area contributed by atoms with Crippen LogP contribution in [0.3, 0.4) is 0 Å². The second-order valence-electron chi connectivity index (χ2n) is 12.2. The Labute approximate surface area is 276 Å². The first-order valence-electron chi connectivity index (χ1n) is 15.3. The molecule has 6 N–H and O–H groups in total. The number of nitrogens with two attached hydrogens (primary N) is 1. The summed E-state index contributed by atoms with van der Waals surface area (Å²) in [5, 5.41) is 9.27. The van der Waals surface area contributed by atoms with Gasteiger partial charge in [0, 0.05) is 23.6 Å². The number of hydrogen-bond donors (Lipinski definition) is 5. The van der Waals surface area contributed by atoms with E-state index in [-0.39, 0.29) is 40.3 Å². The Kier molecular flexibility index (Phi) is 11.0. The van der Waals surface area contributed by atoms with Crippen LogP contribution in [0.25, 0.3) is 10.9 Å². The Balaban J connectivity index is 1.70. The van der Waals surface area contributed by atoms with Crippen molar-refractivity contribution in [2.45, 2.75) is 83.8 Å². The highest BCUT2D eigenvalue weighted by molar-refractivity contribution is 7.80. The largest absolute Gasteiger partial charge is 0.392 e. The molecule has 3 aromatic rings. The third-order valence-electron chi connectivity index (χ3n) is 9.08. The molecule has 5 atom stereocenters. The molecule has 46 heavy (non-hydrogen) atoms. The first kappa shape index (κ1) is 35.2. The van der Waals surface area contributed by atoms with Gasteiger partial charge in [-0.1, -0.05) is 70.4 Å². The van der Waals surface area contributed by atoms with Crippen molar-refractivity contribution in [3.63, 3.8) is 0 Å². The van der Waals surface area contributed by atoms with Crippen molar-refractivity contribution in [2.24, 2.45) is 17.6 Å². The van der Waals surface area contributed by atoms with Gasteiger partial charge in [0.15, 0.2) is 0 Å². The minimum Gasteiger partial charge on any atom is -0.392 e. The number of aryl methyl sites for hydroxylation is 1. The molecule has 1 heterocycles. The number of hydrogen-bond acceptors (Lipinski definition) is 4. The number of aromatic nitrogens is 1. The fourth-order valence-electron chi connectivity index (χ4n) is 5.92. The summed E-state index contributed by atoms with van der Waals surface area (Å²) in [4.78, 5) is 44.7. The second kappa shape index (κ2) is 14.4. The van der Waals surface area contributed by atoms with Crippen molar-refractivity contribution >= 4 is 57.4 Å². The highest BCUT2D eigenvalue weighted by atomic mass is 35.5. The lowest BCUT2D eigenvalue weighted by molar-refractivity contribution is -0.137. The monoisotopic (exact) mass is 677 g/mol. The number of benzene rings is 2. The molecule has 3 amide bonds. The molecule has 1 aromatic heterocycles. The van der Waals surface area contributed by atoms with Crippen LogP contribution < -0.4 is 21.7 Å². The second-order valence-corrected chi connectivity index (χ2v) is 13.1. The van der Waals surface area contributed by atoms with Crippen molar-refractivity contribution in [2.75, 3.05) is 0 Å². The van der Waals surface area contributed by atoms with Crippen LogP contribution in [-0.2, 0) is 33.6 Å². The summed E-state index contributed by atoms with van der Waals surface area (Å²) >= 11 is 11.6. The van der Waals surface area contributed by atoms with Gasteiger partial charge in [0.2, 0.25) is 17.7 Å². The number of amides is 3. The van der Waals surface area contributed by atoms with Crippen LogP contribution in [0.15, 0.2) is 30.3 Å². The molecule has 1 aliphatic carbocycles. The van der Waals surface area contributed by atoms with Gasteiger partial charge in [-0.3, -0.25) is 14.4 Å². The van der Waals surface area contributed by atoms with Gasteiger partial charge in [-0.05, 0) is 54.0 Å². The van der Waals surface area contributed by atoms with Gasteiger partial charge < -0.3 is 26.7 Å². The summed E-state index contributed by atoms with van der Waals surface area (Å²) in [6.07, 6.45) is 1.21. The number of aromatic amines is 1. The first-order chi connectivity index (χ1) is 21.7. The van der Waals surface area contributed by atoms with E-state index in [1.165, 1.54) is 18.2 Å². The Morgan fingerprint density at radius 3 is 2.33 bits per heavy atom. The average molecular weight is 678 g/mol. The van der Waals surface area contributed by atoms with E-state index in [0.29, 0.717) is 41.8 Å². The third-order valence-corrected chi connectivity index (χ3v) is 9.63. The topological polar surface area (TPSA) is 129 Å². The summed E-state index contributed by atoms with van der Waals surface area (Å²) in [5.41, 5.74) is 6.37. The summed E-state index contributed by atoms with van der Waals surface area (Å²) in [6, 6.07) is 3.69. The Morgan fingerprint density at radius 1 is 1.02 bits per heavy atom. The molecule has 2 unspecified atom stereocenters. The number of H-pyrrole nitrogens is 1. The molecular formula is C33H39ClF3N5O3S. The van der Waals surface area contributed by atoms with Crippen molar-refractivity contribution in [3.8, 4) is 0 Å². The molecule has 0 radical (unpaired) electrons. The SMILES string of the molecule is CCC(C)[C@H](NC(=O)Cc1ccc(F)cc1F)C(=O)N[C@]1(C(=O)NC(C(N)=S)[C@@H](C)CC)CCc2[nH]c3c(Cl)cc(F)cc3c2C1. The summed E-state index contributed by atoms with van der Waals surface area (Å²) in [5.74, 6) is -4.49. The van der Waals surface area contributed by atoms with E-state index in [0.717, 1.165) is 11.8 Å². The lowest BCUT2D eigenvalue weighted by Gasteiger charge is -2.40. The Morgan fingerprint density at radius 2 is 1.70 bits per heavy atom. The van der Waals surface area contributed by atoms with E-state index in [9.17, 15) is 27.6 Å². The van der Waals surface area contributed by atoms with E-state index in [2.05, 4.69) is 20.9 Å². The fourth-order valence-corrected chi connectivity index (χ4v) is 6.46. The summed E-state index contributed by atoms with van der Waals surface area (Å²) in [6.45, 7) is 7.45. The molecule has 8 nitrogen and oxygen atoms in total. The van der Waals surface area contributed by atoms with Gasteiger partial charge in [0.1, 0.15) is 29.0 Å². The van der Waals surface area contributed by atoms with Gasteiger partial charge in [-0.25, -0.2) is 13.2 Å². The highest BCUT2D eigenvalue weighted by Gasteiger charge is 2.46. The minimum atomic E-state index is -1.53. The first-order valence-corrected chi connectivity index (χ1v) is 16.1. The maximum Gasteiger partial charge on any atom is 0.246 e. The molecule has 0 saturated heterocycles. The van der Waals surface area contributed by atoms with Crippen molar-refractivity contribution in [1.29, 1.82) is 0 Å². The normalized spacial score (nSPS) is 18.6. The van der Waals surface area contributed by atoms with Crippen molar-refractivity contribution < 1.29 is 27.6 Å². The number of halogens is 4. The summed E-state index contributed by atoms with van der Waals surface area (Å²) in [7, 11) is 0. The highest BCUT2D eigenvalue weighted by Crippen LogP contribution is 2.37. The van der Waals surface area contributed by atoms with E-state index < -0.39 is 59.2 Å². The zero-order valence-corrected chi connectivity index (χ0v) is 27.7. The molecule has 13 heteroatoms. The van der Waals surface area contributed by atoms with Crippen LogP contribution in [0.5, 0.6) is 0 Å². The van der Waals surface area contributed by atoms with E-state index in [4.69, 9.17) is 29.6 Å². The summed E-state index contributed by atoms with van der Waals surface area (Å²) < 4.78 is 42.2. The molecule has 4 rings (SSSR count). The number of carbonyl (C=O) groups is 3. The average Bonchev–Trinajstić information content (AvgIpc) is 3.36. The number of thiocarbonyl (C=S) groups is 1. The van der Waals surface area contributed by atoms with Crippen LogP contribution >= 0.6 is 23.8 Å². The quantitative estimate of drug-likeness (QED) is 0.169. The molecule has 0 aliphatic heterocycles. The minimum absolute atomic E-state index is 0.00773. The predicted molar refractivity (Wildman–Crippen MR) is 176 cm³/mol. The molecule has 248 valence electrons. The van der Waals surface area contributed by atoms with Crippen LogP contribution in [0, 0.1) is 29.3 Å². The van der Waals surface area contributed by atoms with Gasteiger partial charge >= 0.3 is 0 Å². The lowest BCUT2D eigenvalue weighted by atomic mass is 9.78. The van der Waals surface area contributed by atoms with Crippen LogP contribution in [0.2, 0.25) is 5.02 Å². The molecule has 0 saturated carbocycles. The fraction of sp³-hybridized carbons (Fsp3) is 0.455. The van der Waals surface area contributed by atoms with E-state index >= 15 is 0 Å². The number of carbonyl (C=O) groups excluding carboxylic acids is 3. The molecule has 2 aromatic carbocycles. The Hall–Kier alpha value is -3.64. The lowest BCUT2D eigenvalue weighted by Crippen LogP contribution is -2.67. The standard InChI is InChI=1S/C33H39ClF3N5O3S/c1-5-16(3)27(30(38)46)41-32(45)33(10-9-25-22(15-33)21-12-20(36)13-23(34)29(21)39-25)42-31(44)28(17(4)6-2)40-26(43)11-18-7-8-19(35)14-24(18)37/h7-8,12-14,16-17,27-28,39H,5-6,9-11,15H2,1-4H3,(H2,38,46)(H,40,43)(H,41,45)(H,42,44)/t16-,17?,27?,28-,33+/m0/s1. The van der Waals surface area contributed by atoms with Crippen molar-refractivity contribution in [1.82, 2.24) is 20.9 Å². The van der Waals surface area contributed by atoms with Crippen LogP contribution in [0.1, 0.15) is 63.8 Å². The van der Waals surface area contributed by atoms with Crippen LogP contribution in [0.4, 0.5) is 13.2 Å². The Bertz CT molecular complexity index is 1670. The molecule has 0 fully saturated rings. The number of nitrogens with one attached hydrogen (secondary N) is 4. The molecule has 0 bridgehead atoms. The maximum atomic E-state index is 14.5. The zero-order valence-electron chi connectivity index (χ0n) is 26.2.